The SMILES string of the molecule is Fc1ccc(-c2ccc3c(n2)CN(C(c2ccccc2)(c2ccccc2)c2ccccc2)C3)cc1. The van der Waals surface area contributed by atoms with Crippen molar-refractivity contribution >= 4 is 0 Å². The molecule has 0 fully saturated rings. The first-order chi connectivity index (χ1) is 17.2. The lowest BCUT2D eigenvalue weighted by Crippen LogP contribution is -2.45. The lowest BCUT2D eigenvalue weighted by molar-refractivity contribution is 0.156. The Hall–Kier alpha value is -4.08. The van der Waals surface area contributed by atoms with Crippen LogP contribution in [-0.2, 0) is 18.6 Å². The zero-order valence-corrected chi connectivity index (χ0v) is 19.3. The summed E-state index contributed by atoms with van der Waals surface area (Å²) in [5.74, 6) is -0.237. The maximum absolute atomic E-state index is 13.5. The molecule has 0 saturated heterocycles. The minimum Gasteiger partial charge on any atom is -0.276 e. The van der Waals surface area contributed by atoms with Crippen LogP contribution in [0.3, 0.4) is 0 Å². The van der Waals surface area contributed by atoms with Crippen LogP contribution in [0, 0.1) is 5.82 Å². The van der Waals surface area contributed by atoms with Gasteiger partial charge in [-0.1, -0.05) is 97.1 Å². The van der Waals surface area contributed by atoms with E-state index in [-0.39, 0.29) is 5.82 Å². The van der Waals surface area contributed by atoms with E-state index in [1.54, 1.807) is 12.1 Å². The molecule has 0 saturated carbocycles. The highest BCUT2D eigenvalue weighted by Gasteiger charge is 2.44. The Kier molecular flexibility index (Phi) is 5.48. The molecule has 0 atom stereocenters. The molecule has 0 radical (unpaired) electrons. The van der Waals surface area contributed by atoms with Crippen LogP contribution >= 0.6 is 0 Å². The first-order valence-corrected chi connectivity index (χ1v) is 11.9. The fraction of sp³-hybridized carbons (Fsp3) is 0.0938. The quantitative estimate of drug-likeness (QED) is 0.260. The molecule has 5 aromatic rings. The summed E-state index contributed by atoms with van der Waals surface area (Å²) in [6.45, 7) is 1.49. The Bertz CT molecular complexity index is 1340. The van der Waals surface area contributed by atoms with Crippen LogP contribution < -0.4 is 0 Å². The highest BCUT2D eigenvalue weighted by atomic mass is 19.1. The maximum atomic E-state index is 13.5. The van der Waals surface area contributed by atoms with Crippen LogP contribution in [0.25, 0.3) is 11.3 Å². The Morgan fingerprint density at radius 3 is 1.60 bits per heavy atom. The smallest absolute Gasteiger partial charge is 0.123 e. The molecular weight excluding hydrogens is 431 g/mol. The average molecular weight is 457 g/mol. The molecule has 6 rings (SSSR count). The molecule has 0 bridgehead atoms. The van der Waals surface area contributed by atoms with Crippen LogP contribution in [0.15, 0.2) is 127 Å². The second-order valence-electron chi connectivity index (χ2n) is 8.97. The van der Waals surface area contributed by atoms with E-state index in [2.05, 4.69) is 102 Å². The molecule has 3 heteroatoms. The monoisotopic (exact) mass is 456 g/mol. The molecule has 2 heterocycles. The maximum Gasteiger partial charge on any atom is 0.123 e. The minimum absolute atomic E-state index is 0.237. The number of halogens is 1. The van der Waals surface area contributed by atoms with E-state index >= 15 is 0 Å². The summed E-state index contributed by atoms with van der Waals surface area (Å²) in [6.07, 6.45) is 0. The molecule has 4 aromatic carbocycles. The summed E-state index contributed by atoms with van der Waals surface area (Å²) >= 11 is 0. The Balaban J connectivity index is 1.50. The summed E-state index contributed by atoms with van der Waals surface area (Å²) in [4.78, 5) is 7.56. The van der Waals surface area contributed by atoms with E-state index in [0.29, 0.717) is 6.54 Å². The highest BCUT2D eigenvalue weighted by Crippen LogP contribution is 2.46. The van der Waals surface area contributed by atoms with Crippen LogP contribution in [0.4, 0.5) is 4.39 Å². The largest absolute Gasteiger partial charge is 0.276 e. The number of pyridine rings is 1. The third-order valence-electron chi connectivity index (χ3n) is 6.96. The Labute approximate surface area is 205 Å². The number of rotatable bonds is 5. The van der Waals surface area contributed by atoms with Crippen LogP contribution in [-0.4, -0.2) is 9.88 Å². The van der Waals surface area contributed by atoms with Gasteiger partial charge >= 0.3 is 0 Å². The van der Waals surface area contributed by atoms with Gasteiger partial charge in [0.05, 0.1) is 16.9 Å². The lowest BCUT2D eigenvalue weighted by atomic mass is 9.75. The van der Waals surface area contributed by atoms with Gasteiger partial charge in [0.15, 0.2) is 0 Å². The lowest BCUT2D eigenvalue weighted by Gasteiger charge is -2.43. The van der Waals surface area contributed by atoms with Crippen LogP contribution in [0.5, 0.6) is 0 Å². The summed E-state index contributed by atoms with van der Waals surface area (Å²) in [5.41, 5.74) is 7.29. The molecule has 2 nitrogen and oxygen atoms in total. The highest BCUT2D eigenvalue weighted by molar-refractivity contribution is 5.60. The van der Waals surface area contributed by atoms with E-state index in [9.17, 15) is 4.39 Å². The van der Waals surface area contributed by atoms with E-state index in [4.69, 9.17) is 4.98 Å². The van der Waals surface area contributed by atoms with Crippen molar-refractivity contribution in [2.75, 3.05) is 0 Å². The standard InChI is InChI=1S/C32H25FN2/c33-29-19-16-24(17-20-29)30-21-18-25-22-35(23-31(25)34-30)32(26-10-4-1-5-11-26,27-12-6-2-7-13-27)28-14-8-3-9-15-28/h1-21H,22-23H2. The van der Waals surface area contributed by atoms with Crippen molar-refractivity contribution in [3.8, 4) is 11.3 Å². The van der Waals surface area contributed by atoms with Crippen molar-refractivity contribution in [3.63, 3.8) is 0 Å². The Morgan fingerprint density at radius 2 is 1.09 bits per heavy atom. The van der Waals surface area contributed by atoms with Gasteiger partial charge in [0.25, 0.3) is 0 Å². The summed E-state index contributed by atoms with van der Waals surface area (Å²) in [7, 11) is 0. The van der Waals surface area contributed by atoms with Gasteiger partial charge in [-0.25, -0.2) is 4.39 Å². The number of aromatic nitrogens is 1. The van der Waals surface area contributed by atoms with Gasteiger partial charge in [-0.15, -0.1) is 0 Å². The van der Waals surface area contributed by atoms with Crippen molar-refractivity contribution in [2.45, 2.75) is 18.6 Å². The molecule has 35 heavy (non-hydrogen) atoms. The van der Waals surface area contributed by atoms with Gasteiger partial charge in [-0.2, -0.15) is 0 Å². The third kappa shape index (κ3) is 3.74. The predicted octanol–water partition coefficient (Wildman–Crippen LogP) is 7.20. The van der Waals surface area contributed by atoms with Gasteiger partial charge < -0.3 is 0 Å². The summed E-state index contributed by atoms with van der Waals surface area (Å²) in [6, 6.07) is 43.0. The van der Waals surface area contributed by atoms with Gasteiger partial charge in [0.1, 0.15) is 5.82 Å². The number of benzene rings is 4. The van der Waals surface area contributed by atoms with E-state index < -0.39 is 5.54 Å². The fourth-order valence-corrected chi connectivity index (χ4v) is 5.36. The van der Waals surface area contributed by atoms with Gasteiger partial charge in [-0.3, -0.25) is 9.88 Å². The molecule has 0 unspecified atom stereocenters. The number of hydrogen-bond donors (Lipinski definition) is 0. The molecule has 0 N–H and O–H groups in total. The minimum atomic E-state index is -0.472. The molecular formula is C32H25FN2. The van der Waals surface area contributed by atoms with Crippen molar-refractivity contribution in [3.05, 3.63) is 161 Å². The van der Waals surface area contributed by atoms with Crippen LogP contribution in [0.1, 0.15) is 27.9 Å². The van der Waals surface area contributed by atoms with E-state index in [1.807, 2.05) is 6.07 Å². The number of hydrogen-bond acceptors (Lipinski definition) is 2. The van der Waals surface area contributed by atoms with Crippen molar-refractivity contribution in [2.24, 2.45) is 0 Å². The fourth-order valence-electron chi connectivity index (χ4n) is 5.36. The molecule has 1 aromatic heterocycles. The second kappa shape index (κ2) is 8.94. The molecule has 0 spiro atoms. The topological polar surface area (TPSA) is 16.1 Å². The average Bonchev–Trinajstić information content (AvgIpc) is 3.35. The summed E-state index contributed by atoms with van der Waals surface area (Å²) < 4.78 is 13.5. The predicted molar refractivity (Wildman–Crippen MR) is 138 cm³/mol. The van der Waals surface area contributed by atoms with Crippen LogP contribution in [0.2, 0.25) is 0 Å². The second-order valence-corrected chi connectivity index (χ2v) is 8.97. The Morgan fingerprint density at radius 1 is 0.571 bits per heavy atom. The first-order valence-electron chi connectivity index (χ1n) is 11.9. The molecule has 0 amide bonds. The first kappa shape index (κ1) is 21.5. The number of nitrogens with zero attached hydrogens (tertiary/aromatic N) is 2. The van der Waals surface area contributed by atoms with Crippen molar-refractivity contribution < 1.29 is 4.39 Å². The van der Waals surface area contributed by atoms with Gasteiger partial charge in [0, 0.05) is 18.7 Å². The van der Waals surface area contributed by atoms with Crippen molar-refractivity contribution in [1.82, 2.24) is 9.88 Å². The van der Waals surface area contributed by atoms with E-state index in [1.165, 1.54) is 34.4 Å². The van der Waals surface area contributed by atoms with Crippen molar-refractivity contribution in [1.29, 1.82) is 0 Å². The molecule has 170 valence electrons. The third-order valence-corrected chi connectivity index (χ3v) is 6.96. The zero-order chi connectivity index (χ0) is 23.7. The summed E-state index contributed by atoms with van der Waals surface area (Å²) in [5, 5.41) is 0. The molecule has 1 aliphatic heterocycles. The van der Waals surface area contributed by atoms with Gasteiger partial charge in [-0.05, 0) is 52.6 Å². The van der Waals surface area contributed by atoms with Gasteiger partial charge in [0.2, 0.25) is 0 Å². The molecule has 1 aliphatic rings. The normalized spacial score (nSPS) is 13.5. The molecule has 0 aliphatic carbocycles. The van der Waals surface area contributed by atoms with E-state index in [0.717, 1.165) is 23.5 Å². The number of fused-ring (bicyclic) bond motifs is 1. The zero-order valence-electron chi connectivity index (χ0n) is 19.3.